The van der Waals surface area contributed by atoms with Crippen LogP contribution in [0.15, 0.2) is 48.5 Å². The van der Waals surface area contributed by atoms with Gasteiger partial charge in [-0.2, -0.15) is 0 Å². The molecule has 4 rings (SSSR count). The number of cyclic esters (lactones) is 1. The number of halogens is 1. The lowest BCUT2D eigenvalue weighted by atomic mass is 9.91. The van der Waals surface area contributed by atoms with Crippen molar-refractivity contribution in [2.75, 3.05) is 31.1 Å². The molecule has 2 heterocycles. The van der Waals surface area contributed by atoms with Crippen molar-refractivity contribution in [1.82, 2.24) is 4.90 Å². The number of nitrogens with zero attached hydrogens (tertiary/aromatic N) is 2. The molecule has 8 heteroatoms. The summed E-state index contributed by atoms with van der Waals surface area (Å²) in [7, 11) is 0. The molecule has 0 aromatic heterocycles. The van der Waals surface area contributed by atoms with Crippen molar-refractivity contribution in [3.05, 3.63) is 65.5 Å². The fourth-order valence-electron chi connectivity index (χ4n) is 3.48. The van der Waals surface area contributed by atoms with E-state index in [1.54, 1.807) is 12.1 Å². The molecule has 1 atom stereocenters. The van der Waals surface area contributed by atoms with Gasteiger partial charge in [-0.25, -0.2) is 14.0 Å². The molecular formula is C21H21FN2O5. The van der Waals surface area contributed by atoms with Gasteiger partial charge in [0.05, 0.1) is 18.8 Å². The van der Waals surface area contributed by atoms with Gasteiger partial charge in [-0.3, -0.25) is 4.90 Å². The van der Waals surface area contributed by atoms with Crippen molar-refractivity contribution in [3.63, 3.8) is 0 Å². The molecule has 1 N–H and O–H groups in total. The quantitative estimate of drug-likeness (QED) is 0.835. The Bertz CT molecular complexity index is 901. The van der Waals surface area contributed by atoms with E-state index in [1.165, 1.54) is 15.9 Å². The van der Waals surface area contributed by atoms with E-state index in [1.807, 2.05) is 30.3 Å². The van der Waals surface area contributed by atoms with Crippen molar-refractivity contribution in [1.29, 1.82) is 0 Å². The van der Waals surface area contributed by atoms with Gasteiger partial charge in [0.2, 0.25) is 0 Å². The van der Waals surface area contributed by atoms with Crippen LogP contribution in [0.2, 0.25) is 0 Å². The number of ether oxygens (including phenoxy) is 2. The van der Waals surface area contributed by atoms with Crippen molar-refractivity contribution in [2.24, 2.45) is 0 Å². The SMILES string of the molecule is O=C(OCc1ccccc1)N1CC(c2ccc(N3C[C@H](CO)OC3=O)cc2F)C1. The predicted molar refractivity (Wildman–Crippen MR) is 102 cm³/mol. The summed E-state index contributed by atoms with van der Waals surface area (Å²) < 4.78 is 24.9. The summed E-state index contributed by atoms with van der Waals surface area (Å²) in [5.41, 5.74) is 1.78. The molecule has 0 bridgehead atoms. The molecule has 0 radical (unpaired) electrons. The van der Waals surface area contributed by atoms with E-state index in [4.69, 9.17) is 14.6 Å². The highest BCUT2D eigenvalue weighted by atomic mass is 19.1. The Morgan fingerprint density at radius 1 is 1.17 bits per heavy atom. The fraction of sp³-hybridized carbons (Fsp3) is 0.333. The van der Waals surface area contributed by atoms with Crippen molar-refractivity contribution < 1.29 is 28.6 Å². The molecule has 0 spiro atoms. The lowest BCUT2D eigenvalue weighted by Gasteiger charge is -2.38. The second-order valence-electron chi connectivity index (χ2n) is 7.15. The van der Waals surface area contributed by atoms with Crippen LogP contribution in [0.5, 0.6) is 0 Å². The first kappa shape index (κ1) is 19.2. The monoisotopic (exact) mass is 400 g/mol. The number of aliphatic hydroxyl groups excluding tert-OH is 1. The average molecular weight is 400 g/mol. The molecule has 152 valence electrons. The summed E-state index contributed by atoms with van der Waals surface area (Å²) in [6.07, 6.45) is -1.63. The second-order valence-corrected chi connectivity index (χ2v) is 7.15. The van der Waals surface area contributed by atoms with Crippen molar-refractivity contribution in [2.45, 2.75) is 18.6 Å². The standard InChI is InChI=1S/C21H21FN2O5/c22-19-8-16(24-11-17(12-25)29-21(24)27)6-7-18(19)15-9-23(10-15)20(26)28-13-14-4-2-1-3-5-14/h1-8,15,17,25H,9-13H2/t17-/m1/s1. The molecule has 7 nitrogen and oxygen atoms in total. The topological polar surface area (TPSA) is 79.3 Å². The Kier molecular flexibility index (Phi) is 5.35. The highest BCUT2D eigenvalue weighted by Crippen LogP contribution is 2.32. The van der Waals surface area contributed by atoms with Crippen LogP contribution >= 0.6 is 0 Å². The first-order valence-corrected chi connectivity index (χ1v) is 9.39. The number of benzene rings is 2. The third-order valence-corrected chi connectivity index (χ3v) is 5.16. The largest absolute Gasteiger partial charge is 0.445 e. The van der Waals surface area contributed by atoms with Crippen LogP contribution in [0.3, 0.4) is 0 Å². The van der Waals surface area contributed by atoms with Crippen LogP contribution in [0, 0.1) is 5.82 Å². The molecule has 2 aliphatic heterocycles. The minimum absolute atomic E-state index is 0.121. The van der Waals surface area contributed by atoms with Gasteiger partial charge < -0.3 is 19.5 Å². The van der Waals surface area contributed by atoms with E-state index in [0.717, 1.165) is 5.56 Å². The molecule has 2 fully saturated rings. The Balaban J connectivity index is 1.32. The molecule has 2 aromatic rings. The summed E-state index contributed by atoms with van der Waals surface area (Å²) in [6.45, 7) is 0.856. The Hall–Kier alpha value is -3.13. The first-order valence-electron chi connectivity index (χ1n) is 9.39. The van der Waals surface area contributed by atoms with E-state index >= 15 is 0 Å². The number of carbonyl (C=O) groups excluding carboxylic acids is 2. The number of aliphatic hydroxyl groups is 1. The molecule has 2 aromatic carbocycles. The fourth-order valence-corrected chi connectivity index (χ4v) is 3.48. The van der Waals surface area contributed by atoms with Gasteiger partial charge >= 0.3 is 12.2 Å². The summed E-state index contributed by atoms with van der Waals surface area (Å²) >= 11 is 0. The van der Waals surface area contributed by atoms with Crippen LogP contribution in [-0.4, -0.2) is 54.5 Å². The molecule has 2 saturated heterocycles. The average Bonchev–Trinajstić information content (AvgIpc) is 3.08. The van der Waals surface area contributed by atoms with Crippen molar-refractivity contribution >= 4 is 17.9 Å². The molecule has 0 unspecified atom stereocenters. The van der Waals surface area contributed by atoms with Gasteiger partial charge in [-0.1, -0.05) is 36.4 Å². The van der Waals surface area contributed by atoms with Crippen LogP contribution in [0.25, 0.3) is 0 Å². The highest BCUT2D eigenvalue weighted by molar-refractivity contribution is 5.89. The number of anilines is 1. The maximum Gasteiger partial charge on any atom is 0.414 e. The Morgan fingerprint density at radius 2 is 1.93 bits per heavy atom. The molecule has 0 aliphatic carbocycles. The minimum atomic E-state index is -0.604. The first-order chi connectivity index (χ1) is 14.0. The van der Waals surface area contributed by atoms with Gasteiger partial charge in [0.1, 0.15) is 18.5 Å². The van der Waals surface area contributed by atoms with Gasteiger partial charge in [0.25, 0.3) is 0 Å². The third kappa shape index (κ3) is 4.02. The molecular weight excluding hydrogens is 379 g/mol. The zero-order chi connectivity index (χ0) is 20.4. The number of hydrogen-bond acceptors (Lipinski definition) is 5. The number of carbonyl (C=O) groups is 2. The molecule has 2 amide bonds. The van der Waals surface area contributed by atoms with E-state index < -0.39 is 24.1 Å². The number of amides is 2. The summed E-state index contributed by atoms with van der Waals surface area (Å²) in [4.78, 5) is 26.8. The smallest absolute Gasteiger partial charge is 0.414 e. The third-order valence-electron chi connectivity index (χ3n) is 5.16. The Labute approximate surface area is 167 Å². The summed E-state index contributed by atoms with van der Waals surface area (Å²) in [6, 6.07) is 14.0. The van der Waals surface area contributed by atoms with E-state index in [-0.39, 0.29) is 25.7 Å². The number of hydrogen-bond donors (Lipinski definition) is 1. The van der Waals surface area contributed by atoms with E-state index in [2.05, 4.69) is 0 Å². The van der Waals surface area contributed by atoms with E-state index in [0.29, 0.717) is 24.3 Å². The van der Waals surface area contributed by atoms with Gasteiger partial charge in [0, 0.05) is 19.0 Å². The van der Waals surface area contributed by atoms with Crippen LogP contribution < -0.4 is 4.90 Å². The zero-order valence-corrected chi connectivity index (χ0v) is 15.7. The van der Waals surface area contributed by atoms with E-state index in [9.17, 15) is 14.0 Å². The highest BCUT2D eigenvalue weighted by Gasteiger charge is 2.36. The molecule has 2 aliphatic rings. The van der Waals surface area contributed by atoms with Crippen LogP contribution in [0.1, 0.15) is 17.0 Å². The van der Waals surface area contributed by atoms with Crippen molar-refractivity contribution in [3.8, 4) is 0 Å². The van der Waals surface area contributed by atoms with Gasteiger partial charge in [-0.15, -0.1) is 0 Å². The number of likely N-dealkylation sites (tertiary alicyclic amines) is 1. The lowest BCUT2D eigenvalue weighted by molar-refractivity contribution is 0.0658. The Morgan fingerprint density at radius 3 is 2.59 bits per heavy atom. The van der Waals surface area contributed by atoms with Crippen LogP contribution in [0.4, 0.5) is 19.7 Å². The zero-order valence-electron chi connectivity index (χ0n) is 15.7. The summed E-state index contributed by atoms with van der Waals surface area (Å²) in [5, 5.41) is 9.11. The second kappa shape index (κ2) is 8.08. The molecule has 0 saturated carbocycles. The van der Waals surface area contributed by atoms with Crippen LogP contribution in [-0.2, 0) is 16.1 Å². The normalized spacial score (nSPS) is 19.1. The van der Waals surface area contributed by atoms with Gasteiger partial charge in [-0.05, 0) is 23.3 Å². The maximum absolute atomic E-state index is 14.6. The molecule has 29 heavy (non-hydrogen) atoms. The summed E-state index contributed by atoms with van der Waals surface area (Å²) in [5.74, 6) is -0.561. The predicted octanol–water partition coefficient (Wildman–Crippen LogP) is 2.88. The number of rotatable bonds is 5. The van der Waals surface area contributed by atoms with Gasteiger partial charge in [0.15, 0.2) is 0 Å². The lowest BCUT2D eigenvalue weighted by Crippen LogP contribution is -2.48. The maximum atomic E-state index is 14.6. The minimum Gasteiger partial charge on any atom is -0.445 e.